The molecule has 1 aromatic heterocycles. The molecule has 1 aliphatic heterocycles. The normalized spacial score (nSPS) is 20.1. The van der Waals surface area contributed by atoms with Crippen molar-refractivity contribution in [2.24, 2.45) is 10.7 Å². The first kappa shape index (κ1) is 22.7. The summed E-state index contributed by atoms with van der Waals surface area (Å²) in [6, 6.07) is 4.59. The molecule has 1 aromatic rings. The lowest BCUT2D eigenvalue weighted by Gasteiger charge is -2.36. The molecule has 2 rings (SSSR count). The Kier molecular flexibility index (Phi) is 11.7. The van der Waals surface area contributed by atoms with Crippen molar-refractivity contribution >= 4 is 41.3 Å². The SMILES string of the molecule is CCCCCCNC(N)=NCC(c1cccs1)N1CCOC(C)C1.I. The van der Waals surface area contributed by atoms with E-state index in [1.807, 2.05) is 0 Å². The second kappa shape index (κ2) is 12.9. The van der Waals surface area contributed by atoms with Crippen LogP contribution in [0.15, 0.2) is 22.5 Å². The van der Waals surface area contributed by atoms with E-state index in [1.165, 1.54) is 24.1 Å². The Morgan fingerprint density at radius 3 is 3.00 bits per heavy atom. The van der Waals surface area contributed by atoms with Gasteiger partial charge in [0.15, 0.2) is 5.96 Å². The Balaban J connectivity index is 0.00000312. The Hall–Kier alpha value is -0.380. The van der Waals surface area contributed by atoms with E-state index in [4.69, 9.17) is 10.5 Å². The van der Waals surface area contributed by atoms with Gasteiger partial charge in [0, 0.05) is 24.5 Å². The number of hydrogen-bond donors (Lipinski definition) is 2. The third kappa shape index (κ3) is 8.23. The largest absolute Gasteiger partial charge is 0.376 e. The number of ether oxygens (including phenoxy) is 1. The van der Waals surface area contributed by atoms with E-state index in [0.717, 1.165) is 32.7 Å². The maximum absolute atomic E-state index is 6.05. The predicted molar refractivity (Wildman–Crippen MR) is 118 cm³/mol. The van der Waals surface area contributed by atoms with Crippen molar-refractivity contribution in [3.05, 3.63) is 22.4 Å². The van der Waals surface area contributed by atoms with E-state index in [1.54, 1.807) is 11.3 Å². The number of rotatable bonds is 9. The van der Waals surface area contributed by atoms with E-state index in [9.17, 15) is 0 Å². The van der Waals surface area contributed by atoms with E-state index < -0.39 is 0 Å². The minimum Gasteiger partial charge on any atom is -0.376 e. The molecule has 25 heavy (non-hydrogen) atoms. The first-order valence-corrected chi connectivity index (χ1v) is 10.0. The van der Waals surface area contributed by atoms with E-state index in [-0.39, 0.29) is 36.1 Å². The van der Waals surface area contributed by atoms with Crippen LogP contribution >= 0.6 is 35.3 Å². The Morgan fingerprint density at radius 2 is 2.32 bits per heavy atom. The first-order valence-electron chi connectivity index (χ1n) is 9.13. The zero-order valence-electron chi connectivity index (χ0n) is 15.4. The number of guanidine groups is 1. The van der Waals surface area contributed by atoms with Crippen LogP contribution < -0.4 is 11.1 Å². The van der Waals surface area contributed by atoms with Crippen molar-refractivity contribution in [2.45, 2.75) is 51.7 Å². The molecule has 2 heterocycles. The van der Waals surface area contributed by atoms with Crippen LogP contribution in [0.4, 0.5) is 0 Å². The Labute approximate surface area is 173 Å². The first-order chi connectivity index (χ1) is 11.7. The highest BCUT2D eigenvalue weighted by Crippen LogP contribution is 2.27. The van der Waals surface area contributed by atoms with Gasteiger partial charge in [0.05, 0.1) is 25.3 Å². The fraction of sp³-hybridized carbons (Fsp3) is 0.722. The minimum atomic E-state index is 0. The average molecular weight is 480 g/mol. The van der Waals surface area contributed by atoms with Crippen LogP contribution in [0.1, 0.15) is 50.4 Å². The van der Waals surface area contributed by atoms with Gasteiger partial charge >= 0.3 is 0 Å². The monoisotopic (exact) mass is 480 g/mol. The van der Waals surface area contributed by atoms with Gasteiger partial charge in [0.2, 0.25) is 0 Å². The van der Waals surface area contributed by atoms with Crippen LogP contribution in [0.25, 0.3) is 0 Å². The molecule has 1 fully saturated rings. The zero-order chi connectivity index (χ0) is 17.2. The van der Waals surface area contributed by atoms with Crippen molar-refractivity contribution in [1.29, 1.82) is 0 Å². The van der Waals surface area contributed by atoms with Crippen molar-refractivity contribution in [3.63, 3.8) is 0 Å². The summed E-state index contributed by atoms with van der Waals surface area (Å²) >= 11 is 1.79. The predicted octanol–water partition coefficient (Wildman–Crippen LogP) is 3.61. The third-order valence-electron chi connectivity index (χ3n) is 4.36. The molecule has 0 radical (unpaired) electrons. The van der Waals surface area contributed by atoms with Crippen LogP contribution in [0.2, 0.25) is 0 Å². The maximum Gasteiger partial charge on any atom is 0.188 e. The second-order valence-electron chi connectivity index (χ2n) is 6.42. The van der Waals surface area contributed by atoms with Crippen LogP contribution in [-0.4, -0.2) is 49.7 Å². The van der Waals surface area contributed by atoms with Crippen LogP contribution in [-0.2, 0) is 4.74 Å². The van der Waals surface area contributed by atoms with E-state index in [0.29, 0.717) is 12.5 Å². The summed E-state index contributed by atoms with van der Waals surface area (Å²) in [5, 5.41) is 5.37. The highest BCUT2D eigenvalue weighted by Gasteiger charge is 2.26. The van der Waals surface area contributed by atoms with Gasteiger partial charge in [-0.25, -0.2) is 0 Å². The smallest absolute Gasteiger partial charge is 0.188 e. The van der Waals surface area contributed by atoms with Gasteiger partial charge in [-0.2, -0.15) is 0 Å². The van der Waals surface area contributed by atoms with Crippen molar-refractivity contribution in [1.82, 2.24) is 10.2 Å². The van der Waals surface area contributed by atoms with Crippen molar-refractivity contribution in [2.75, 3.05) is 32.8 Å². The van der Waals surface area contributed by atoms with Gasteiger partial charge in [-0.15, -0.1) is 35.3 Å². The van der Waals surface area contributed by atoms with Gasteiger partial charge in [0.1, 0.15) is 0 Å². The molecule has 7 heteroatoms. The minimum absolute atomic E-state index is 0. The number of nitrogens with one attached hydrogen (secondary N) is 1. The molecule has 144 valence electrons. The standard InChI is InChI=1S/C18H32N4OS.HI/c1-3-4-5-6-9-20-18(19)21-13-16(17-8-7-12-24-17)22-10-11-23-15(2)14-22;/h7-8,12,15-16H,3-6,9-11,13-14H2,1-2H3,(H3,19,20,21);1H. The number of nitrogens with two attached hydrogens (primary N) is 1. The molecular formula is C18H33IN4OS. The number of unbranched alkanes of at least 4 members (excludes halogenated alkanes) is 3. The van der Waals surface area contributed by atoms with Crippen LogP contribution in [0.3, 0.4) is 0 Å². The van der Waals surface area contributed by atoms with E-state index >= 15 is 0 Å². The molecule has 5 nitrogen and oxygen atoms in total. The molecule has 1 saturated heterocycles. The van der Waals surface area contributed by atoms with Crippen LogP contribution in [0, 0.1) is 0 Å². The number of morpholine rings is 1. The van der Waals surface area contributed by atoms with Crippen molar-refractivity contribution in [3.8, 4) is 0 Å². The molecule has 1 aliphatic rings. The number of nitrogens with zero attached hydrogens (tertiary/aromatic N) is 2. The molecule has 2 atom stereocenters. The van der Waals surface area contributed by atoms with Crippen LogP contribution in [0.5, 0.6) is 0 Å². The summed E-state index contributed by atoms with van der Waals surface area (Å²) in [5.74, 6) is 0.564. The zero-order valence-corrected chi connectivity index (χ0v) is 18.6. The molecule has 0 aromatic carbocycles. The average Bonchev–Trinajstić information content (AvgIpc) is 3.09. The summed E-state index contributed by atoms with van der Waals surface area (Å²) in [4.78, 5) is 8.43. The molecule has 3 N–H and O–H groups in total. The molecule has 0 bridgehead atoms. The number of aliphatic imine (C=N–C) groups is 1. The second-order valence-corrected chi connectivity index (χ2v) is 7.40. The molecule has 0 spiro atoms. The summed E-state index contributed by atoms with van der Waals surface area (Å²) in [6.45, 7) is 8.65. The molecular weight excluding hydrogens is 447 g/mol. The van der Waals surface area contributed by atoms with Gasteiger partial charge in [-0.1, -0.05) is 32.3 Å². The number of halogens is 1. The molecule has 2 unspecified atom stereocenters. The molecule has 0 aliphatic carbocycles. The summed E-state index contributed by atoms with van der Waals surface area (Å²) in [6.07, 6.45) is 5.22. The van der Waals surface area contributed by atoms with E-state index in [2.05, 4.69) is 46.6 Å². The summed E-state index contributed by atoms with van der Waals surface area (Å²) < 4.78 is 5.68. The fourth-order valence-corrected chi connectivity index (χ4v) is 3.86. The fourth-order valence-electron chi connectivity index (χ4n) is 3.00. The van der Waals surface area contributed by atoms with Gasteiger partial charge in [0.25, 0.3) is 0 Å². The van der Waals surface area contributed by atoms with Gasteiger partial charge in [-0.05, 0) is 24.8 Å². The lowest BCUT2D eigenvalue weighted by molar-refractivity contribution is -0.0327. The molecule has 0 saturated carbocycles. The Bertz CT molecular complexity index is 483. The number of thiophene rings is 1. The lowest BCUT2D eigenvalue weighted by atomic mass is 10.1. The summed E-state index contributed by atoms with van der Waals surface area (Å²) in [7, 11) is 0. The highest BCUT2D eigenvalue weighted by molar-refractivity contribution is 14.0. The highest BCUT2D eigenvalue weighted by atomic mass is 127. The van der Waals surface area contributed by atoms with Gasteiger partial charge < -0.3 is 15.8 Å². The third-order valence-corrected chi connectivity index (χ3v) is 5.33. The quantitative estimate of drug-likeness (QED) is 0.245. The topological polar surface area (TPSA) is 62.9 Å². The van der Waals surface area contributed by atoms with Gasteiger partial charge in [-0.3, -0.25) is 9.89 Å². The van der Waals surface area contributed by atoms with Crippen molar-refractivity contribution < 1.29 is 4.74 Å². The lowest BCUT2D eigenvalue weighted by Crippen LogP contribution is -2.44. The Morgan fingerprint density at radius 1 is 1.48 bits per heavy atom. The number of hydrogen-bond acceptors (Lipinski definition) is 4. The molecule has 0 amide bonds. The summed E-state index contributed by atoms with van der Waals surface area (Å²) in [5.41, 5.74) is 6.05. The maximum atomic E-state index is 6.05.